The van der Waals surface area contributed by atoms with Crippen molar-refractivity contribution in [2.75, 3.05) is 0 Å². The van der Waals surface area contributed by atoms with Crippen LogP contribution in [0.2, 0.25) is 0 Å². The first-order valence-electron chi connectivity index (χ1n) is 20.6. The maximum atomic E-state index is 2.48. The van der Waals surface area contributed by atoms with Gasteiger partial charge in [-0.2, -0.15) is 0 Å². The van der Waals surface area contributed by atoms with Crippen molar-refractivity contribution in [3.05, 3.63) is 210 Å². The summed E-state index contributed by atoms with van der Waals surface area (Å²) in [5.41, 5.74) is 18.3. The van der Waals surface area contributed by atoms with E-state index in [1.165, 1.54) is 121 Å². The summed E-state index contributed by atoms with van der Waals surface area (Å²) in [6, 6.07) is 68.5. The molecular formula is C58H40. The number of allylic oxidation sites excluding steroid dienone is 1. The average molecular weight is 737 g/mol. The van der Waals surface area contributed by atoms with Crippen LogP contribution in [0.3, 0.4) is 0 Å². The van der Waals surface area contributed by atoms with Crippen molar-refractivity contribution >= 4 is 49.2 Å². The zero-order valence-corrected chi connectivity index (χ0v) is 32.7. The molecule has 0 unspecified atom stereocenters. The molecule has 2 aliphatic rings. The van der Waals surface area contributed by atoms with E-state index >= 15 is 0 Å². The van der Waals surface area contributed by atoms with Crippen molar-refractivity contribution in [3.8, 4) is 55.6 Å². The minimum absolute atomic E-state index is 0.0713. The Morgan fingerprint density at radius 3 is 1.43 bits per heavy atom. The number of hydrogen-bond acceptors (Lipinski definition) is 0. The predicted octanol–water partition coefficient (Wildman–Crippen LogP) is 15.8. The summed E-state index contributed by atoms with van der Waals surface area (Å²) in [5, 5.41) is 10.3. The summed E-state index contributed by atoms with van der Waals surface area (Å²) in [6.45, 7) is 4.75. The topological polar surface area (TPSA) is 0 Å². The van der Waals surface area contributed by atoms with Crippen LogP contribution in [0.1, 0.15) is 36.1 Å². The highest BCUT2D eigenvalue weighted by molar-refractivity contribution is 6.24. The highest BCUT2D eigenvalue weighted by Crippen LogP contribution is 2.52. The molecule has 0 aliphatic heterocycles. The van der Waals surface area contributed by atoms with Gasteiger partial charge in [-0.1, -0.05) is 184 Å². The maximum Gasteiger partial charge on any atom is 0.0159 e. The molecule has 2 aliphatic carbocycles. The number of fused-ring (bicyclic) bond motifs is 8. The second kappa shape index (κ2) is 12.5. The van der Waals surface area contributed by atoms with Gasteiger partial charge in [-0.15, -0.1) is 0 Å². The summed E-state index contributed by atoms with van der Waals surface area (Å²) < 4.78 is 0. The van der Waals surface area contributed by atoms with Gasteiger partial charge in [-0.05, 0) is 152 Å². The lowest BCUT2D eigenvalue weighted by Crippen LogP contribution is -2.14. The lowest BCUT2D eigenvalue weighted by atomic mass is 9.80. The Bertz CT molecular complexity index is 3320. The molecule has 0 fully saturated rings. The third-order valence-corrected chi connectivity index (χ3v) is 13.2. The Hall–Kier alpha value is -7.02. The van der Waals surface area contributed by atoms with Crippen molar-refractivity contribution in [1.82, 2.24) is 0 Å². The molecule has 0 heterocycles. The van der Waals surface area contributed by atoms with Crippen molar-refractivity contribution in [3.63, 3.8) is 0 Å². The molecule has 0 aromatic heterocycles. The summed E-state index contributed by atoms with van der Waals surface area (Å²) in [4.78, 5) is 0. The first-order valence-corrected chi connectivity index (χ1v) is 20.6. The highest BCUT2D eigenvalue weighted by Gasteiger charge is 2.35. The van der Waals surface area contributed by atoms with Gasteiger partial charge in [-0.25, -0.2) is 0 Å². The van der Waals surface area contributed by atoms with Crippen LogP contribution in [-0.2, 0) is 11.8 Å². The monoisotopic (exact) mass is 736 g/mol. The number of hydrogen-bond donors (Lipinski definition) is 0. The van der Waals surface area contributed by atoms with Gasteiger partial charge in [-0.3, -0.25) is 0 Å². The van der Waals surface area contributed by atoms with Gasteiger partial charge in [0.2, 0.25) is 0 Å². The Balaban J connectivity index is 1.11. The lowest BCUT2D eigenvalue weighted by Gasteiger charge is -2.23. The molecule has 0 saturated carbocycles. The SMILES string of the molecule is CC1(C)c2ccccc2-c2ccc(-c3c4ccccc4c(-c4cccc(-c5c6ccccc6c(-c6ccccc6)c6cc7c(cc56)CC=C7)c4)c4ccccc34)cc21. The van der Waals surface area contributed by atoms with E-state index in [4.69, 9.17) is 0 Å². The van der Waals surface area contributed by atoms with Crippen molar-refractivity contribution in [1.29, 1.82) is 0 Å². The van der Waals surface area contributed by atoms with E-state index in [1.807, 2.05) is 0 Å². The standard InChI is InChI=1S/C58H40/c1-58(2)52-29-13-12-22-42(52)43-31-30-41(35-53(43)58)56-47-26-9-7-24-45(47)55(46-25-8-10-27-48(46)56)39-20-15-21-40(32-39)57-49-28-11-6-23-44(49)54(36-16-4-3-5-17-36)50-33-37-18-14-19-38(37)34-51(50)57/h3-18,20-35H,19H2,1-2H3. The number of benzene rings is 10. The van der Waals surface area contributed by atoms with E-state index in [9.17, 15) is 0 Å². The molecule has 0 spiro atoms. The lowest BCUT2D eigenvalue weighted by molar-refractivity contribution is 0.660. The van der Waals surface area contributed by atoms with Gasteiger partial charge < -0.3 is 0 Å². The molecule has 0 N–H and O–H groups in total. The van der Waals surface area contributed by atoms with Crippen molar-refractivity contribution in [2.45, 2.75) is 25.7 Å². The zero-order valence-electron chi connectivity index (χ0n) is 32.7. The molecule has 0 nitrogen and oxygen atoms in total. The van der Waals surface area contributed by atoms with E-state index in [1.54, 1.807) is 0 Å². The molecule has 0 radical (unpaired) electrons. The van der Waals surface area contributed by atoms with Gasteiger partial charge in [0, 0.05) is 5.41 Å². The molecule has 272 valence electrons. The van der Waals surface area contributed by atoms with Gasteiger partial charge in [0.05, 0.1) is 0 Å². The first kappa shape index (κ1) is 33.2. The molecule has 12 rings (SSSR count). The van der Waals surface area contributed by atoms with Crippen LogP contribution in [-0.4, -0.2) is 0 Å². The smallest absolute Gasteiger partial charge is 0.0159 e. The van der Waals surface area contributed by atoms with Gasteiger partial charge >= 0.3 is 0 Å². The van der Waals surface area contributed by atoms with Crippen LogP contribution < -0.4 is 0 Å². The fourth-order valence-corrected chi connectivity index (χ4v) is 10.6. The average Bonchev–Trinajstić information content (AvgIpc) is 3.83. The molecular weight excluding hydrogens is 697 g/mol. The van der Waals surface area contributed by atoms with Crippen LogP contribution >= 0.6 is 0 Å². The Kier molecular flexibility index (Phi) is 7.14. The van der Waals surface area contributed by atoms with Crippen LogP contribution in [0.4, 0.5) is 0 Å². The molecule has 10 aromatic rings. The van der Waals surface area contributed by atoms with E-state index < -0.39 is 0 Å². The van der Waals surface area contributed by atoms with E-state index in [-0.39, 0.29) is 5.41 Å². The Morgan fingerprint density at radius 2 is 0.810 bits per heavy atom. The normalized spacial score (nSPS) is 13.7. The summed E-state index contributed by atoms with van der Waals surface area (Å²) in [5.74, 6) is 0. The maximum absolute atomic E-state index is 2.48. The summed E-state index contributed by atoms with van der Waals surface area (Å²) in [6.07, 6.45) is 5.56. The minimum Gasteiger partial charge on any atom is -0.0795 e. The molecule has 0 atom stereocenters. The van der Waals surface area contributed by atoms with Crippen LogP contribution in [0, 0.1) is 0 Å². The molecule has 0 heteroatoms. The third-order valence-electron chi connectivity index (χ3n) is 13.2. The van der Waals surface area contributed by atoms with Crippen LogP contribution in [0.25, 0.3) is 105 Å². The fourth-order valence-electron chi connectivity index (χ4n) is 10.6. The van der Waals surface area contributed by atoms with Crippen LogP contribution in [0.15, 0.2) is 188 Å². The zero-order chi connectivity index (χ0) is 38.5. The van der Waals surface area contributed by atoms with Crippen LogP contribution in [0.5, 0.6) is 0 Å². The Morgan fingerprint density at radius 1 is 0.345 bits per heavy atom. The second-order valence-electron chi connectivity index (χ2n) is 16.7. The second-order valence-corrected chi connectivity index (χ2v) is 16.7. The van der Waals surface area contributed by atoms with Crippen molar-refractivity contribution < 1.29 is 0 Å². The predicted molar refractivity (Wildman–Crippen MR) is 249 cm³/mol. The highest BCUT2D eigenvalue weighted by atomic mass is 14.4. The molecule has 58 heavy (non-hydrogen) atoms. The van der Waals surface area contributed by atoms with E-state index in [0.717, 1.165) is 6.42 Å². The summed E-state index contributed by atoms with van der Waals surface area (Å²) in [7, 11) is 0. The molecule has 0 amide bonds. The van der Waals surface area contributed by atoms with Gasteiger partial charge in [0.1, 0.15) is 0 Å². The molecule has 0 saturated heterocycles. The van der Waals surface area contributed by atoms with Gasteiger partial charge in [0.25, 0.3) is 0 Å². The van der Waals surface area contributed by atoms with E-state index in [2.05, 4.69) is 208 Å². The summed E-state index contributed by atoms with van der Waals surface area (Å²) >= 11 is 0. The minimum atomic E-state index is -0.0713. The van der Waals surface area contributed by atoms with E-state index in [0.29, 0.717) is 0 Å². The fraction of sp³-hybridized carbons (Fsp3) is 0.0690. The molecule has 0 bridgehead atoms. The largest absolute Gasteiger partial charge is 0.0795 e. The third kappa shape index (κ3) is 4.76. The quantitative estimate of drug-likeness (QED) is 0.158. The molecule has 10 aromatic carbocycles. The first-order chi connectivity index (χ1) is 28.5. The van der Waals surface area contributed by atoms with Crippen molar-refractivity contribution in [2.24, 2.45) is 0 Å². The Labute approximate surface area is 339 Å². The van der Waals surface area contributed by atoms with Gasteiger partial charge in [0.15, 0.2) is 0 Å². The number of rotatable bonds is 4.